The van der Waals surface area contributed by atoms with Gasteiger partial charge < -0.3 is 28.2 Å². The summed E-state index contributed by atoms with van der Waals surface area (Å²) in [4.78, 5) is 53.1. The molecule has 0 saturated heterocycles. The quantitative estimate of drug-likeness (QED) is 0.266. The molecule has 178 valence electrons. The molecule has 0 bridgehead atoms. The van der Waals surface area contributed by atoms with Crippen LogP contribution in [0.3, 0.4) is 0 Å². The number of benzene rings is 1. The van der Waals surface area contributed by atoms with Gasteiger partial charge in [-0.3, -0.25) is 14.5 Å². The summed E-state index contributed by atoms with van der Waals surface area (Å²) in [6.07, 6.45) is 4.99. The minimum absolute atomic E-state index is 0. The zero-order valence-corrected chi connectivity index (χ0v) is 21.6. The Kier molecular flexibility index (Phi) is 8.53. The summed E-state index contributed by atoms with van der Waals surface area (Å²) in [5.41, 5.74) is 3.08. The molecule has 12 heteroatoms. The molecule has 3 aromatic rings. The molecular weight excluding hydrogens is 486 g/mol. The number of phosphoric ester groups is 1. The number of furan rings is 1. The van der Waals surface area contributed by atoms with Crippen molar-refractivity contribution in [2.75, 3.05) is 18.7 Å². The van der Waals surface area contributed by atoms with E-state index in [4.69, 9.17) is 4.42 Å². The normalized spacial score (nSPS) is 13.7. The SMILES string of the molecule is Cc1c(CN(C)C(=O)/C=C/c2cnc3c(c2)CCC(=O)N3COP(=O)([O-])[O-])oc2ccccc12.[Mg+2]. The number of carbonyl (C=O) groups is 2. The molecule has 1 aromatic carbocycles. The molecule has 0 atom stereocenters. The smallest absolute Gasteiger partial charge is 0.790 e. The Labute approximate surface area is 218 Å². The largest absolute Gasteiger partial charge is 2.00 e. The number of aryl methyl sites for hydroxylation is 2. The maximum atomic E-state index is 12.6. The molecule has 0 radical (unpaired) electrons. The second-order valence-electron chi connectivity index (χ2n) is 7.95. The van der Waals surface area contributed by atoms with E-state index in [1.807, 2.05) is 31.2 Å². The number of likely N-dealkylation sites (N-methyl/N-ethyl adjacent to an activating group) is 1. The number of rotatable bonds is 7. The number of nitrogens with zero attached hydrogens (tertiary/aromatic N) is 3. The van der Waals surface area contributed by atoms with Crippen molar-refractivity contribution in [1.82, 2.24) is 9.88 Å². The van der Waals surface area contributed by atoms with Crippen molar-refractivity contribution in [1.29, 1.82) is 0 Å². The van der Waals surface area contributed by atoms with Crippen molar-refractivity contribution in [3.8, 4) is 0 Å². The predicted octanol–water partition coefficient (Wildman–Crippen LogP) is 1.51. The van der Waals surface area contributed by atoms with Gasteiger partial charge in [0.2, 0.25) is 11.8 Å². The summed E-state index contributed by atoms with van der Waals surface area (Å²) in [6.45, 7) is 1.55. The van der Waals surface area contributed by atoms with Gasteiger partial charge in [0.25, 0.3) is 0 Å². The Balaban J connectivity index is 0.00000342. The number of aromatic nitrogens is 1. The van der Waals surface area contributed by atoms with Crippen LogP contribution in [0.25, 0.3) is 17.0 Å². The number of pyridine rings is 1. The molecule has 0 N–H and O–H groups in total. The Morgan fingerprint density at radius 3 is 2.77 bits per heavy atom. The van der Waals surface area contributed by atoms with Crippen LogP contribution in [0.15, 0.2) is 47.0 Å². The maximum Gasteiger partial charge on any atom is 2.00 e. The van der Waals surface area contributed by atoms with Crippen LogP contribution in [-0.2, 0) is 31.6 Å². The van der Waals surface area contributed by atoms with Gasteiger partial charge in [0.15, 0.2) is 0 Å². The Morgan fingerprint density at radius 2 is 2.06 bits per heavy atom. The molecular formula is C23H22MgN3O7P. The van der Waals surface area contributed by atoms with Crippen molar-refractivity contribution in [3.05, 3.63) is 65.1 Å². The minimum Gasteiger partial charge on any atom is -0.790 e. The molecule has 0 aliphatic carbocycles. The number of fused-ring (bicyclic) bond motifs is 2. The summed E-state index contributed by atoms with van der Waals surface area (Å²) >= 11 is 0. The number of hydrogen-bond acceptors (Lipinski definition) is 8. The van der Waals surface area contributed by atoms with Crippen molar-refractivity contribution in [2.45, 2.75) is 26.3 Å². The Morgan fingerprint density at radius 1 is 1.31 bits per heavy atom. The number of phosphoric acid groups is 1. The van der Waals surface area contributed by atoms with Crippen LogP contribution in [0, 0.1) is 6.92 Å². The van der Waals surface area contributed by atoms with Gasteiger partial charge in [-0.1, -0.05) is 18.2 Å². The van der Waals surface area contributed by atoms with E-state index in [-0.39, 0.29) is 41.2 Å². The molecule has 0 spiro atoms. The van der Waals surface area contributed by atoms with Gasteiger partial charge in [0.05, 0.1) is 14.4 Å². The van der Waals surface area contributed by atoms with Crippen LogP contribution in [0.2, 0.25) is 0 Å². The van der Waals surface area contributed by atoms with Crippen LogP contribution in [0.1, 0.15) is 28.9 Å². The molecule has 1 aliphatic heterocycles. The van der Waals surface area contributed by atoms with E-state index in [1.165, 1.54) is 17.2 Å². The minimum atomic E-state index is -5.23. The molecule has 2 amide bonds. The van der Waals surface area contributed by atoms with Crippen molar-refractivity contribution in [2.24, 2.45) is 0 Å². The third kappa shape index (κ3) is 6.37. The Hall–Kier alpha value is -2.53. The van der Waals surface area contributed by atoms with Crippen molar-refractivity contribution >= 4 is 65.6 Å². The van der Waals surface area contributed by atoms with E-state index in [0.717, 1.165) is 21.4 Å². The average Bonchev–Trinajstić information content (AvgIpc) is 3.11. The molecule has 10 nitrogen and oxygen atoms in total. The summed E-state index contributed by atoms with van der Waals surface area (Å²) in [6, 6.07) is 9.45. The second kappa shape index (κ2) is 11.0. The van der Waals surface area contributed by atoms with E-state index in [1.54, 1.807) is 19.2 Å². The summed E-state index contributed by atoms with van der Waals surface area (Å²) in [5.74, 6) is 0.318. The second-order valence-corrected chi connectivity index (χ2v) is 9.11. The number of hydrogen-bond donors (Lipinski definition) is 0. The number of amides is 2. The van der Waals surface area contributed by atoms with Gasteiger partial charge in [-0.15, -0.1) is 0 Å². The van der Waals surface area contributed by atoms with E-state index < -0.39 is 20.5 Å². The van der Waals surface area contributed by atoms with E-state index in [2.05, 4.69) is 9.51 Å². The first-order valence-corrected chi connectivity index (χ1v) is 11.9. The fraction of sp³-hybridized carbons (Fsp3) is 0.261. The van der Waals surface area contributed by atoms with Gasteiger partial charge in [-0.2, -0.15) is 0 Å². The van der Waals surface area contributed by atoms with E-state index >= 15 is 0 Å². The fourth-order valence-electron chi connectivity index (χ4n) is 3.76. The Bertz CT molecular complexity index is 1330. The van der Waals surface area contributed by atoms with Crippen molar-refractivity contribution < 1.29 is 32.9 Å². The molecule has 2 aromatic heterocycles. The van der Waals surface area contributed by atoms with E-state index in [0.29, 0.717) is 29.9 Å². The number of carbonyl (C=O) groups excluding carboxylic acids is 2. The van der Waals surface area contributed by atoms with Gasteiger partial charge in [0.1, 0.15) is 23.9 Å². The van der Waals surface area contributed by atoms with Crippen LogP contribution < -0.4 is 14.7 Å². The molecule has 35 heavy (non-hydrogen) atoms. The fourth-order valence-corrected chi connectivity index (χ4v) is 4.02. The standard InChI is InChI=1S/C23H24N3O7P.Mg/c1-15-18-5-3-4-6-19(18)33-20(15)13-25(2)21(27)9-7-16-11-17-8-10-22(28)26(23(17)24-12-16)14-32-34(29,30)31;/h3-7,9,11-12H,8,10,13-14H2,1-2H3,(H2,29,30,31);/q;+2/p-2/b9-7+;. The molecule has 3 heterocycles. The first kappa shape index (κ1) is 27.1. The third-order valence-electron chi connectivity index (χ3n) is 5.59. The topological polar surface area (TPSA) is 139 Å². The van der Waals surface area contributed by atoms with Gasteiger partial charge >= 0.3 is 23.1 Å². The number of anilines is 1. The monoisotopic (exact) mass is 507 g/mol. The van der Waals surface area contributed by atoms with Gasteiger partial charge in [-0.05, 0) is 42.7 Å². The average molecular weight is 508 g/mol. The van der Waals surface area contributed by atoms with E-state index in [9.17, 15) is 23.9 Å². The molecule has 4 rings (SSSR count). The van der Waals surface area contributed by atoms with Crippen LogP contribution in [-0.4, -0.2) is 58.5 Å². The van der Waals surface area contributed by atoms with Crippen LogP contribution >= 0.6 is 7.82 Å². The molecule has 0 saturated carbocycles. The first-order valence-electron chi connectivity index (χ1n) is 10.5. The van der Waals surface area contributed by atoms with Crippen LogP contribution in [0.5, 0.6) is 0 Å². The third-order valence-corrected chi connectivity index (χ3v) is 6.02. The molecule has 0 fully saturated rings. The summed E-state index contributed by atoms with van der Waals surface area (Å²) in [5, 5.41) is 1.01. The number of para-hydroxylation sites is 1. The zero-order chi connectivity index (χ0) is 24.5. The molecule has 0 unspecified atom stereocenters. The van der Waals surface area contributed by atoms with Gasteiger partial charge in [0, 0.05) is 36.7 Å². The molecule has 1 aliphatic rings. The summed E-state index contributed by atoms with van der Waals surface area (Å²) in [7, 11) is -3.55. The maximum absolute atomic E-state index is 12.6. The van der Waals surface area contributed by atoms with Crippen LogP contribution in [0.4, 0.5) is 5.82 Å². The predicted molar refractivity (Wildman–Crippen MR) is 126 cm³/mol. The zero-order valence-electron chi connectivity index (χ0n) is 19.3. The first-order chi connectivity index (χ1) is 16.1. The van der Waals surface area contributed by atoms with Crippen molar-refractivity contribution in [3.63, 3.8) is 0 Å². The summed E-state index contributed by atoms with van der Waals surface area (Å²) < 4.78 is 20.9. The van der Waals surface area contributed by atoms with Gasteiger partial charge in [-0.25, -0.2) is 4.98 Å².